The molecule has 0 radical (unpaired) electrons. The minimum atomic E-state index is -3.88. The standard InChI is InChI=1S/C25H33N7O4S.C19H29N7O2.C6H5ClO2S.C6H15N/c1-25(2,3)21(24(34)26-4)29-23(33)20-19-16-30(5)12-9-13-31(19)22(28-20)17-14-27-32(15-17)37(35,36)18-10-7-6-8-11-18;1-19(2,3)15(18(28)20-4)24-17(27)14-13-11-25(5)7-6-8-26(13)16(23-14)12-9-21-22-10-12;7-10(8,9)6-4-2-1-3-5-6;1-4-7(5-2)6-3/h6-8,10-11,14-15,21H,9,12-13,16H2,1-5H3,(H,26,34)(H,29,33);9-10,15H,6-8,11H2,1-5H3,(H,20,28)(H,21,22)(H,24,27);1-5H;4-6H2,1-3H3/t21-;15-;;/m11../s1. The second kappa shape index (κ2) is 29.0. The molecule has 6 heterocycles. The summed E-state index contributed by atoms with van der Waals surface area (Å²) in [6.07, 6.45) is 8.12. The lowest BCUT2D eigenvalue weighted by Crippen LogP contribution is -2.53. The number of halogens is 1. The molecular formula is C56H82ClN15O8S2. The number of aromatic nitrogens is 8. The van der Waals surface area contributed by atoms with Crippen molar-refractivity contribution >= 4 is 53.4 Å². The number of likely N-dealkylation sites (N-methyl/N-ethyl adjacent to an activating group) is 2. The number of nitrogens with one attached hydrogen (secondary N) is 5. The molecule has 0 saturated heterocycles. The topological polar surface area (TPSA) is 277 Å². The molecule has 23 nitrogen and oxygen atoms in total. The van der Waals surface area contributed by atoms with Crippen molar-refractivity contribution in [1.29, 1.82) is 0 Å². The average molecular weight is 1190 g/mol. The van der Waals surface area contributed by atoms with Crippen molar-refractivity contribution in [2.45, 2.75) is 123 Å². The Morgan fingerprint density at radius 2 is 1.07 bits per heavy atom. The van der Waals surface area contributed by atoms with Crippen molar-refractivity contribution in [2.75, 3.05) is 60.9 Å². The fourth-order valence-electron chi connectivity index (χ4n) is 9.16. The molecule has 82 heavy (non-hydrogen) atoms. The molecular weight excluding hydrogens is 1110 g/mol. The van der Waals surface area contributed by atoms with E-state index >= 15 is 0 Å². The Morgan fingerprint density at radius 3 is 1.43 bits per heavy atom. The highest BCUT2D eigenvalue weighted by atomic mass is 35.7. The van der Waals surface area contributed by atoms with Gasteiger partial charge in [0.15, 0.2) is 11.4 Å². The summed E-state index contributed by atoms with van der Waals surface area (Å²) >= 11 is 0. The lowest BCUT2D eigenvalue weighted by atomic mass is 9.86. The molecule has 448 valence electrons. The van der Waals surface area contributed by atoms with E-state index in [0.717, 1.165) is 53.6 Å². The van der Waals surface area contributed by atoms with Crippen molar-refractivity contribution in [3.05, 3.63) is 108 Å². The monoisotopic (exact) mass is 1190 g/mol. The number of rotatable bonds is 14. The van der Waals surface area contributed by atoms with Crippen LogP contribution in [0, 0.1) is 10.8 Å². The first kappa shape index (κ1) is 66.0. The quantitative estimate of drug-likeness (QED) is 0.0822. The molecule has 2 aliphatic heterocycles. The molecule has 4 amide bonds. The number of carbonyl (C=O) groups is 4. The van der Waals surface area contributed by atoms with Crippen molar-refractivity contribution in [2.24, 2.45) is 10.8 Å². The van der Waals surface area contributed by atoms with Crippen LogP contribution < -0.4 is 21.3 Å². The number of amides is 4. The Labute approximate surface area is 487 Å². The molecule has 2 aromatic carbocycles. The van der Waals surface area contributed by atoms with Crippen molar-refractivity contribution in [3.8, 4) is 22.8 Å². The van der Waals surface area contributed by atoms with Gasteiger partial charge in [-0.3, -0.25) is 24.3 Å². The van der Waals surface area contributed by atoms with Gasteiger partial charge in [0.1, 0.15) is 23.7 Å². The lowest BCUT2D eigenvalue weighted by Gasteiger charge is -2.29. The summed E-state index contributed by atoms with van der Waals surface area (Å²) < 4.78 is 52.3. The van der Waals surface area contributed by atoms with Crippen LogP contribution in [-0.4, -0.2) is 167 Å². The molecule has 0 unspecified atom stereocenters. The third kappa shape index (κ3) is 17.2. The van der Waals surface area contributed by atoms with E-state index in [-0.39, 0.29) is 33.2 Å². The molecule has 0 spiro atoms. The number of aromatic amines is 1. The highest BCUT2D eigenvalue weighted by Gasteiger charge is 2.37. The zero-order valence-electron chi connectivity index (χ0n) is 49.4. The largest absolute Gasteiger partial charge is 0.357 e. The van der Waals surface area contributed by atoms with Crippen LogP contribution >= 0.6 is 10.7 Å². The van der Waals surface area contributed by atoms with Crippen LogP contribution in [0.2, 0.25) is 0 Å². The van der Waals surface area contributed by atoms with Crippen LogP contribution in [0.3, 0.4) is 0 Å². The van der Waals surface area contributed by atoms with Crippen LogP contribution in [0.1, 0.15) is 108 Å². The Kier molecular flexibility index (Phi) is 23.3. The third-order valence-corrected chi connectivity index (χ3v) is 16.7. The van der Waals surface area contributed by atoms with Gasteiger partial charge in [-0.25, -0.2) is 18.4 Å². The molecule has 4 aromatic heterocycles. The highest BCUT2D eigenvalue weighted by Crippen LogP contribution is 2.30. The molecule has 0 saturated carbocycles. The number of hydrogen-bond donors (Lipinski definition) is 5. The van der Waals surface area contributed by atoms with Crippen LogP contribution in [0.15, 0.2) is 95.2 Å². The SMILES string of the molecule is CCN(CC)CC.CNC(=O)[C@@H](NC(=O)c1nc(-c2cn[nH]c2)n2c1CN(C)CCC2)C(C)(C)C.CNC(=O)[C@@H](NC(=O)c1nc(-c2cnn(S(=O)(=O)c3ccccc3)c2)n2c1CN(C)CCC2)C(C)(C)C.O=S(=O)(Cl)c1ccccc1. The van der Waals surface area contributed by atoms with Gasteiger partial charge in [0, 0.05) is 57.2 Å². The summed E-state index contributed by atoms with van der Waals surface area (Å²) in [6, 6.07) is 14.5. The first-order chi connectivity index (χ1) is 38.6. The highest BCUT2D eigenvalue weighted by molar-refractivity contribution is 8.13. The van der Waals surface area contributed by atoms with Crippen LogP contribution in [0.25, 0.3) is 22.8 Å². The minimum absolute atomic E-state index is 0.121. The maximum atomic E-state index is 13.5. The molecule has 2 aliphatic rings. The van der Waals surface area contributed by atoms with Crippen LogP contribution in [0.5, 0.6) is 0 Å². The summed E-state index contributed by atoms with van der Waals surface area (Å²) in [4.78, 5) is 67.8. The predicted octanol–water partition coefficient (Wildman–Crippen LogP) is 5.67. The van der Waals surface area contributed by atoms with E-state index in [1.807, 2.05) is 60.2 Å². The fraction of sp³-hybridized carbons (Fsp3) is 0.500. The average Bonchev–Trinajstić information content (AvgIpc) is 4.45. The van der Waals surface area contributed by atoms with Crippen molar-refractivity contribution < 1.29 is 36.0 Å². The Balaban J connectivity index is 0.000000238. The van der Waals surface area contributed by atoms with E-state index in [1.165, 1.54) is 63.3 Å². The van der Waals surface area contributed by atoms with E-state index in [2.05, 4.69) is 86.6 Å². The Morgan fingerprint density at radius 1 is 0.646 bits per heavy atom. The van der Waals surface area contributed by atoms with Gasteiger partial charge in [0.2, 0.25) is 11.8 Å². The van der Waals surface area contributed by atoms with E-state index in [0.29, 0.717) is 42.4 Å². The summed E-state index contributed by atoms with van der Waals surface area (Å²) in [5.41, 5.74) is 2.49. The smallest absolute Gasteiger partial charge is 0.282 e. The number of H-pyrrole nitrogens is 1. The zero-order chi connectivity index (χ0) is 60.7. The summed E-state index contributed by atoms with van der Waals surface area (Å²) in [5, 5.41) is 21.9. The summed E-state index contributed by atoms with van der Waals surface area (Å²) in [6.45, 7) is 25.8. The Hall–Kier alpha value is -6.77. The second-order valence-electron chi connectivity index (χ2n) is 22.0. The molecule has 0 bridgehead atoms. The number of carbonyl (C=O) groups excluding carboxylic acids is 4. The number of hydrogen-bond acceptors (Lipinski definition) is 15. The van der Waals surface area contributed by atoms with E-state index in [1.54, 1.807) is 55.8 Å². The number of imidazole rings is 2. The van der Waals surface area contributed by atoms with Gasteiger partial charge in [-0.05, 0) is 94.8 Å². The molecule has 0 aliphatic carbocycles. The van der Waals surface area contributed by atoms with E-state index < -0.39 is 47.9 Å². The first-order valence-electron chi connectivity index (χ1n) is 27.3. The molecule has 5 N–H and O–H groups in total. The van der Waals surface area contributed by atoms with Crippen LogP contribution in [0.4, 0.5) is 0 Å². The van der Waals surface area contributed by atoms with Gasteiger partial charge >= 0.3 is 0 Å². The van der Waals surface area contributed by atoms with Crippen LogP contribution in [-0.2, 0) is 54.8 Å². The minimum Gasteiger partial charge on any atom is -0.357 e. The number of benzene rings is 2. The van der Waals surface area contributed by atoms with E-state index in [4.69, 9.17) is 10.7 Å². The second-order valence-corrected chi connectivity index (χ2v) is 26.4. The van der Waals surface area contributed by atoms with Gasteiger partial charge in [-0.1, -0.05) is 98.7 Å². The third-order valence-electron chi connectivity index (χ3n) is 13.8. The van der Waals surface area contributed by atoms with Gasteiger partial charge < -0.3 is 45.1 Å². The molecule has 2 atom stereocenters. The summed E-state index contributed by atoms with van der Waals surface area (Å²) in [5.74, 6) is -0.140. The fourth-order valence-corrected chi connectivity index (χ4v) is 11.1. The normalized spacial score (nSPS) is 14.8. The first-order valence-corrected chi connectivity index (χ1v) is 31.0. The van der Waals surface area contributed by atoms with Gasteiger partial charge in [-0.2, -0.15) is 22.7 Å². The van der Waals surface area contributed by atoms with Crippen molar-refractivity contribution in [1.82, 2.24) is 74.5 Å². The molecule has 26 heteroatoms. The zero-order valence-corrected chi connectivity index (χ0v) is 51.8. The molecule has 8 rings (SSSR count). The van der Waals surface area contributed by atoms with Gasteiger partial charge in [-0.15, -0.1) is 0 Å². The van der Waals surface area contributed by atoms with Crippen molar-refractivity contribution in [3.63, 3.8) is 0 Å². The maximum Gasteiger partial charge on any atom is 0.282 e. The van der Waals surface area contributed by atoms with Gasteiger partial charge in [0.05, 0.1) is 50.9 Å². The maximum absolute atomic E-state index is 13.5. The molecule has 0 fully saturated rings. The van der Waals surface area contributed by atoms with Gasteiger partial charge in [0.25, 0.3) is 30.9 Å². The summed E-state index contributed by atoms with van der Waals surface area (Å²) in [7, 11) is 4.72. The number of fused-ring (bicyclic) bond motifs is 2. The Bertz CT molecular complexity index is 3290. The van der Waals surface area contributed by atoms with E-state index in [9.17, 15) is 36.0 Å². The molecule has 6 aromatic rings. The predicted molar refractivity (Wildman–Crippen MR) is 317 cm³/mol. The number of nitrogens with zero attached hydrogens (tertiary/aromatic N) is 10. The lowest BCUT2D eigenvalue weighted by molar-refractivity contribution is -0.125.